The minimum atomic E-state index is -4.30. The average molecular weight is 338 g/mol. The molecular weight excluding hydrogens is 323 g/mol. The molecule has 7 nitrogen and oxygen atoms in total. The lowest BCUT2D eigenvalue weighted by molar-refractivity contribution is -0.385. The zero-order valence-corrected chi connectivity index (χ0v) is 13.0. The number of non-ortho nitro benzene ring substituents is 1. The Bertz CT molecular complexity index is 634. The number of sulfonamides is 1. The third-order valence-electron chi connectivity index (χ3n) is 2.51. The molecule has 21 heavy (non-hydrogen) atoms. The first-order valence-electron chi connectivity index (χ1n) is 5.74. The van der Waals surface area contributed by atoms with Crippen molar-refractivity contribution in [2.45, 2.75) is 17.4 Å². The number of nitrogens with one attached hydrogen (secondary N) is 1. The van der Waals surface area contributed by atoms with E-state index in [0.29, 0.717) is 12.1 Å². The molecule has 0 saturated carbocycles. The largest absolute Gasteiger partial charge is 0.388 e. The highest BCUT2D eigenvalue weighted by Crippen LogP contribution is 2.21. The number of nitro benzene ring substituents is 1. The van der Waals surface area contributed by atoms with E-state index >= 15 is 0 Å². The standard InChI is InChI=1S/C11H15FN2O5S2/c1-11(15,7-20-2)6-13-21(18,19)10-5-8(14(16)17)3-4-9(10)12/h3-5,13,15H,6-7H2,1-2H3. The summed E-state index contributed by atoms with van der Waals surface area (Å²) < 4.78 is 39.6. The lowest BCUT2D eigenvalue weighted by Gasteiger charge is -2.22. The minimum Gasteiger partial charge on any atom is -0.388 e. The first-order valence-corrected chi connectivity index (χ1v) is 8.62. The van der Waals surface area contributed by atoms with Crippen LogP contribution in [0.5, 0.6) is 0 Å². The van der Waals surface area contributed by atoms with Gasteiger partial charge in [0.2, 0.25) is 10.0 Å². The van der Waals surface area contributed by atoms with E-state index in [9.17, 15) is 28.0 Å². The van der Waals surface area contributed by atoms with E-state index in [0.717, 1.165) is 6.07 Å². The third kappa shape index (κ3) is 4.92. The number of nitrogens with zero attached hydrogens (tertiary/aromatic N) is 1. The van der Waals surface area contributed by atoms with Gasteiger partial charge in [-0.15, -0.1) is 0 Å². The molecule has 0 aliphatic rings. The van der Waals surface area contributed by atoms with Crippen LogP contribution in [-0.4, -0.2) is 42.6 Å². The molecule has 0 radical (unpaired) electrons. The molecule has 0 aromatic heterocycles. The van der Waals surface area contributed by atoms with Gasteiger partial charge in [0.1, 0.15) is 10.7 Å². The predicted octanol–water partition coefficient (Wildman–Crippen LogP) is 1.13. The number of benzene rings is 1. The first-order chi connectivity index (χ1) is 9.59. The summed E-state index contributed by atoms with van der Waals surface area (Å²) in [5.41, 5.74) is -1.85. The number of thioether (sulfide) groups is 1. The Hall–Kier alpha value is -1.23. The van der Waals surface area contributed by atoms with Gasteiger partial charge < -0.3 is 5.11 Å². The van der Waals surface area contributed by atoms with Gasteiger partial charge in [-0.2, -0.15) is 11.8 Å². The van der Waals surface area contributed by atoms with Gasteiger partial charge in [0.15, 0.2) is 0 Å². The summed E-state index contributed by atoms with van der Waals surface area (Å²) in [6, 6.07) is 2.23. The highest BCUT2D eigenvalue weighted by atomic mass is 32.2. The molecule has 1 aromatic carbocycles. The second-order valence-electron chi connectivity index (χ2n) is 4.63. The lowest BCUT2D eigenvalue weighted by atomic mass is 10.1. The summed E-state index contributed by atoms with van der Waals surface area (Å²) in [7, 11) is -4.30. The molecule has 1 unspecified atom stereocenters. The molecule has 0 saturated heterocycles. The second-order valence-corrected chi connectivity index (χ2v) is 7.23. The van der Waals surface area contributed by atoms with Crippen LogP contribution in [0.25, 0.3) is 0 Å². The van der Waals surface area contributed by atoms with Crippen LogP contribution in [0.3, 0.4) is 0 Å². The van der Waals surface area contributed by atoms with Crippen molar-refractivity contribution in [3.8, 4) is 0 Å². The van der Waals surface area contributed by atoms with Crippen LogP contribution in [0.1, 0.15) is 6.92 Å². The molecule has 0 heterocycles. The number of halogens is 1. The fourth-order valence-electron chi connectivity index (χ4n) is 1.50. The molecule has 0 spiro atoms. The van der Waals surface area contributed by atoms with Crippen LogP contribution in [0.15, 0.2) is 23.1 Å². The van der Waals surface area contributed by atoms with Crippen molar-refractivity contribution in [1.82, 2.24) is 4.72 Å². The Morgan fingerprint density at radius 1 is 1.52 bits per heavy atom. The van der Waals surface area contributed by atoms with Gasteiger partial charge in [-0.25, -0.2) is 17.5 Å². The zero-order valence-electron chi connectivity index (χ0n) is 11.4. The van der Waals surface area contributed by atoms with E-state index in [4.69, 9.17) is 0 Å². The molecule has 10 heteroatoms. The lowest BCUT2D eigenvalue weighted by Crippen LogP contribution is -2.42. The Kier molecular flexibility index (Phi) is 5.68. The van der Waals surface area contributed by atoms with Crippen LogP contribution in [0.4, 0.5) is 10.1 Å². The number of rotatable bonds is 7. The molecule has 0 fully saturated rings. The van der Waals surface area contributed by atoms with Gasteiger partial charge in [-0.05, 0) is 19.2 Å². The molecule has 0 aliphatic carbocycles. The predicted molar refractivity (Wildman–Crippen MR) is 77.2 cm³/mol. The van der Waals surface area contributed by atoms with Crippen LogP contribution in [-0.2, 0) is 10.0 Å². The van der Waals surface area contributed by atoms with E-state index < -0.39 is 36.9 Å². The first kappa shape index (κ1) is 17.8. The fourth-order valence-corrected chi connectivity index (χ4v) is 3.48. The van der Waals surface area contributed by atoms with E-state index in [2.05, 4.69) is 4.72 Å². The molecule has 0 bridgehead atoms. The van der Waals surface area contributed by atoms with Crippen molar-refractivity contribution < 1.29 is 22.8 Å². The van der Waals surface area contributed by atoms with Crippen molar-refractivity contribution in [2.75, 3.05) is 18.6 Å². The molecule has 1 atom stereocenters. The number of hydrogen-bond acceptors (Lipinski definition) is 6. The SMILES string of the molecule is CSCC(C)(O)CNS(=O)(=O)c1cc([N+](=O)[O-])ccc1F. The Morgan fingerprint density at radius 3 is 2.67 bits per heavy atom. The highest BCUT2D eigenvalue weighted by molar-refractivity contribution is 7.98. The Morgan fingerprint density at radius 2 is 2.14 bits per heavy atom. The maximum Gasteiger partial charge on any atom is 0.270 e. The van der Waals surface area contributed by atoms with Crippen molar-refractivity contribution in [3.63, 3.8) is 0 Å². The van der Waals surface area contributed by atoms with E-state index in [1.165, 1.54) is 18.7 Å². The summed E-state index contributed by atoms with van der Waals surface area (Å²) in [5.74, 6) is -0.829. The number of hydrogen-bond donors (Lipinski definition) is 2. The monoisotopic (exact) mass is 338 g/mol. The summed E-state index contributed by atoms with van der Waals surface area (Å²) >= 11 is 1.32. The van der Waals surface area contributed by atoms with Crippen molar-refractivity contribution in [1.29, 1.82) is 0 Å². The van der Waals surface area contributed by atoms with Gasteiger partial charge in [-0.1, -0.05) is 0 Å². The van der Waals surface area contributed by atoms with Crippen molar-refractivity contribution >= 4 is 27.5 Å². The molecule has 2 N–H and O–H groups in total. The Labute approximate surface area is 125 Å². The smallest absolute Gasteiger partial charge is 0.270 e. The molecule has 118 valence electrons. The van der Waals surface area contributed by atoms with Crippen LogP contribution in [0, 0.1) is 15.9 Å². The maximum atomic E-state index is 13.6. The molecule has 1 aromatic rings. The summed E-state index contributed by atoms with van der Waals surface area (Å²) in [6.45, 7) is 1.09. The summed E-state index contributed by atoms with van der Waals surface area (Å²) in [5, 5.41) is 20.5. The van der Waals surface area contributed by atoms with E-state index in [-0.39, 0.29) is 12.3 Å². The zero-order chi connectivity index (χ0) is 16.3. The normalized spacial score (nSPS) is 14.7. The quantitative estimate of drug-likeness (QED) is 0.570. The molecular formula is C11H15FN2O5S2. The van der Waals surface area contributed by atoms with Gasteiger partial charge in [-0.3, -0.25) is 10.1 Å². The van der Waals surface area contributed by atoms with Gasteiger partial charge in [0.25, 0.3) is 5.69 Å². The van der Waals surface area contributed by atoms with Gasteiger partial charge in [0.05, 0.1) is 10.5 Å². The van der Waals surface area contributed by atoms with E-state index in [1.54, 1.807) is 6.26 Å². The topological polar surface area (TPSA) is 110 Å². The molecule has 1 rings (SSSR count). The maximum absolute atomic E-state index is 13.6. The van der Waals surface area contributed by atoms with Gasteiger partial charge >= 0.3 is 0 Å². The summed E-state index contributed by atoms with van der Waals surface area (Å²) in [4.78, 5) is 8.98. The summed E-state index contributed by atoms with van der Waals surface area (Å²) in [6.07, 6.45) is 1.74. The van der Waals surface area contributed by atoms with Crippen LogP contribution < -0.4 is 4.72 Å². The minimum absolute atomic E-state index is 0.271. The highest BCUT2D eigenvalue weighted by Gasteiger charge is 2.27. The third-order valence-corrected chi connectivity index (χ3v) is 4.84. The second kappa shape index (κ2) is 6.69. The van der Waals surface area contributed by atoms with Crippen molar-refractivity contribution in [2.24, 2.45) is 0 Å². The molecule has 0 aliphatic heterocycles. The fraction of sp³-hybridized carbons (Fsp3) is 0.455. The van der Waals surface area contributed by atoms with E-state index in [1.807, 2.05) is 0 Å². The van der Waals surface area contributed by atoms with Crippen molar-refractivity contribution in [3.05, 3.63) is 34.1 Å². The number of nitro groups is 1. The number of aliphatic hydroxyl groups is 1. The molecule has 0 amide bonds. The average Bonchev–Trinajstić information content (AvgIpc) is 2.36. The van der Waals surface area contributed by atoms with Crippen LogP contribution in [0.2, 0.25) is 0 Å². The van der Waals surface area contributed by atoms with Crippen LogP contribution >= 0.6 is 11.8 Å². The van der Waals surface area contributed by atoms with Gasteiger partial charge in [0, 0.05) is 24.4 Å². The Balaban J connectivity index is 3.03.